The van der Waals surface area contributed by atoms with Gasteiger partial charge in [0.1, 0.15) is 0 Å². The van der Waals surface area contributed by atoms with Crippen LogP contribution in [0.25, 0.3) is 0 Å². The van der Waals surface area contributed by atoms with Crippen LogP contribution in [0.3, 0.4) is 0 Å². The number of urea groups is 1. The van der Waals surface area contributed by atoms with Gasteiger partial charge in [-0.25, -0.2) is 4.79 Å². The SMILES string of the molecule is CCCCCCCCCCc1ccc(NC(=O)NC2CCNCC2)cc1.Cl. The molecule has 1 aromatic carbocycles. The number of nitrogens with one attached hydrogen (secondary N) is 3. The van der Waals surface area contributed by atoms with Gasteiger partial charge in [-0.15, -0.1) is 12.4 Å². The number of piperidine rings is 1. The van der Waals surface area contributed by atoms with Crippen molar-refractivity contribution in [1.82, 2.24) is 10.6 Å². The Bertz CT molecular complexity index is 501. The lowest BCUT2D eigenvalue weighted by molar-refractivity contribution is 0.245. The van der Waals surface area contributed by atoms with Crippen LogP contribution in [0.1, 0.15) is 76.7 Å². The largest absolute Gasteiger partial charge is 0.335 e. The van der Waals surface area contributed by atoms with Gasteiger partial charge in [0, 0.05) is 11.7 Å². The molecule has 2 rings (SSSR count). The zero-order chi connectivity index (χ0) is 18.5. The molecule has 0 spiro atoms. The number of hydrogen-bond acceptors (Lipinski definition) is 2. The normalized spacial score (nSPS) is 14.4. The second-order valence-electron chi connectivity index (χ2n) is 7.54. The maximum absolute atomic E-state index is 12.1. The van der Waals surface area contributed by atoms with E-state index in [-0.39, 0.29) is 24.5 Å². The van der Waals surface area contributed by atoms with Crippen LogP contribution in [0.15, 0.2) is 24.3 Å². The van der Waals surface area contributed by atoms with Crippen molar-refractivity contribution >= 4 is 24.1 Å². The summed E-state index contributed by atoms with van der Waals surface area (Å²) in [5.74, 6) is 0. The van der Waals surface area contributed by atoms with E-state index in [4.69, 9.17) is 0 Å². The van der Waals surface area contributed by atoms with Crippen molar-refractivity contribution in [2.24, 2.45) is 0 Å². The summed E-state index contributed by atoms with van der Waals surface area (Å²) in [5, 5.41) is 9.31. The molecule has 0 radical (unpaired) electrons. The highest BCUT2D eigenvalue weighted by Gasteiger charge is 2.15. The van der Waals surface area contributed by atoms with E-state index in [0.717, 1.165) is 38.0 Å². The predicted molar refractivity (Wildman–Crippen MR) is 118 cm³/mol. The monoisotopic (exact) mass is 395 g/mol. The minimum absolute atomic E-state index is 0. The van der Waals surface area contributed by atoms with E-state index in [1.54, 1.807) is 0 Å². The Balaban J connectivity index is 0.00000364. The van der Waals surface area contributed by atoms with E-state index in [9.17, 15) is 4.79 Å². The maximum Gasteiger partial charge on any atom is 0.319 e. The van der Waals surface area contributed by atoms with E-state index >= 15 is 0 Å². The molecule has 154 valence electrons. The van der Waals surface area contributed by atoms with E-state index < -0.39 is 0 Å². The number of rotatable bonds is 11. The van der Waals surface area contributed by atoms with Crippen LogP contribution < -0.4 is 16.0 Å². The summed E-state index contributed by atoms with van der Waals surface area (Å²) < 4.78 is 0. The molecule has 1 aromatic rings. The smallest absolute Gasteiger partial charge is 0.319 e. The first-order chi connectivity index (χ1) is 12.8. The lowest BCUT2D eigenvalue weighted by atomic mass is 10.0. The van der Waals surface area contributed by atoms with Crippen LogP contribution in [-0.2, 0) is 6.42 Å². The number of amides is 2. The van der Waals surface area contributed by atoms with Crippen molar-refractivity contribution in [3.8, 4) is 0 Å². The average molecular weight is 396 g/mol. The number of anilines is 1. The Morgan fingerprint density at radius 3 is 2.19 bits per heavy atom. The van der Waals surface area contributed by atoms with E-state index in [1.165, 1.54) is 56.9 Å². The van der Waals surface area contributed by atoms with Crippen molar-refractivity contribution < 1.29 is 4.79 Å². The van der Waals surface area contributed by atoms with Crippen LogP contribution >= 0.6 is 12.4 Å². The number of carbonyl (C=O) groups is 1. The predicted octanol–water partition coefficient (Wildman–Crippen LogP) is 5.67. The summed E-state index contributed by atoms with van der Waals surface area (Å²) in [7, 11) is 0. The first-order valence-electron chi connectivity index (χ1n) is 10.6. The fourth-order valence-corrected chi connectivity index (χ4v) is 3.54. The minimum atomic E-state index is -0.0901. The molecule has 5 heteroatoms. The third-order valence-corrected chi connectivity index (χ3v) is 5.21. The summed E-state index contributed by atoms with van der Waals surface area (Å²) in [5.41, 5.74) is 2.23. The standard InChI is InChI=1S/C22H37N3O.ClH/c1-2-3-4-5-6-7-8-9-10-19-11-13-20(14-12-19)24-22(26)25-21-15-17-23-18-16-21;/h11-14,21,23H,2-10,15-18H2,1H3,(H2,24,25,26);1H. The fraction of sp³-hybridized carbons (Fsp3) is 0.682. The molecular formula is C22H38ClN3O. The fourth-order valence-electron chi connectivity index (χ4n) is 3.54. The lowest BCUT2D eigenvalue weighted by Crippen LogP contribution is -2.44. The van der Waals surface area contributed by atoms with Crippen LogP contribution in [0.4, 0.5) is 10.5 Å². The number of hydrogen-bond donors (Lipinski definition) is 3. The average Bonchev–Trinajstić information content (AvgIpc) is 2.66. The maximum atomic E-state index is 12.1. The summed E-state index contributed by atoms with van der Waals surface area (Å²) in [6.07, 6.45) is 14.0. The van der Waals surface area contributed by atoms with Crippen LogP contribution in [0.5, 0.6) is 0 Å². The highest BCUT2D eigenvalue weighted by molar-refractivity contribution is 5.89. The van der Waals surface area contributed by atoms with E-state index in [0.29, 0.717) is 0 Å². The molecule has 2 amide bonds. The molecule has 1 saturated heterocycles. The van der Waals surface area contributed by atoms with Gasteiger partial charge in [0.2, 0.25) is 0 Å². The zero-order valence-corrected chi connectivity index (χ0v) is 17.7. The van der Waals surface area contributed by atoms with Crippen molar-refractivity contribution in [3.05, 3.63) is 29.8 Å². The Labute approximate surface area is 171 Å². The molecule has 1 heterocycles. The van der Waals surface area contributed by atoms with Gasteiger partial charge in [-0.05, 0) is 56.5 Å². The lowest BCUT2D eigenvalue weighted by Gasteiger charge is -2.23. The van der Waals surface area contributed by atoms with Gasteiger partial charge in [-0.3, -0.25) is 0 Å². The summed E-state index contributed by atoms with van der Waals surface area (Å²) in [6, 6.07) is 8.51. The molecule has 1 aliphatic heterocycles. The van der Waals surface area contributed by atoms with Gasteiger partial charge >= 0.3 is 6.03 Å². The molecule has 0 aromatic heterocycles. The number of halogens is 1. The van der Waals surface area contributed by atoms with Crippen LogP contribution in [0, 0.1) is 0 Å². The van der Waals surface area contributed by atoms with Gasteiger partial charge in [0.05, 0.1) is 0 Å². The topological polar surface area (TPSA) is 53.2 Å². The molecule has 1 aliphatic rings. The molecule has 1 fully saturated rings. The van der Waals surface area contributed by atoms with Crippen molar-refractivity contribution in [2.45, 2.75) is 83.6 Å². The van der Waals surface area contributed by atoms with Crippen LogP contribution in [0.2, 0.25) is 0 Å². The van der Waals surface area contributed by atoms with Crippen LogP contribution in [-0.4, -0.2) is 25.2 Å². The highest BCUT2D eigenvalue weighted by Crippen LogP contribution is 2.14. The van der Waals surface area contributed by atoms with Crippen molar-refractivity contribution in [2.75, 3.05) is 18.4 Å². The first-order valence-corrected chi connectivity index (χ1v) is 10.6. The Morgan fingerprint density at radius 1 is 0.963 bits per heavy atom. The van der Waals surface area contributed by atoms with Gasteiger partial charge in [0.15, 0.2) is 0 Å². The third-order valence-electron chi connectivity index (χ3n) is 5.21. The van der Waals surface area contributed by atoms with E-state index in [1.807, 2.05) is 12.1 Å². The van der Waals surface area contributed by atoms with Gasteiger partial charge in [-0.2, -0.15) is 0 Å². The zero-order valence-electron chi connectivity index (χ0n) is 16.9. The second-order valence-corrected chi connectivity index (χ2v) is 7.54. The number of carbonyl (C=O) groups excluding carboxylic acids is 1. The quantitative estimate of drug-likeness (QED) is 0.423. The number of benzene rings is 1. The molecule has 0 aliphatic carbocycles. The molecule has 0 unspecified atom stereocenters. The highest BCUT2D eigenvalue weighted by atomic mass is 35.5. The first kappa shape index (κ1) is 23.8. The number of unbranched alkanes of at least 4 members (excludes halogenated alkanes) is 7. The summed E-state index contributed by atoms with van der Waals surface area (Å²) in [4.78, 5) is 12.1. The number of aryl methyl sites for hydroxylation is 1. The summed E-state index contributed by atoms with van der Waals surface area (Å²) >= 11 is 0. The molecular weight excluding hydrogens is 358 g/mol. The van der Waals surface area contributed by atoms with E-state index in [2.05, 4.69) is 35.0 Å². The van der Waals surface area contributed by atoms with Crippen molar-refractivity contribution in [3.63, 3.8) is 0 Å². The molecule has 27 heavy (non-hydrogen) atoms. The molecule has 0 saturated carbocycles. The Morgan fingerprint density at radius 2 is 1.56 bits per heavy atom. The molecule has 3 N–H and O–H groups in total. The minimum Gasteiger partial charge on any atom is -0.335 e. The third kappa shape index (κ3) is 10.6. The van der Waals surface area contributed by atoms with Gasteiger partial charge < -0.3 is 16.0 Å². The molecule has 0 bridgehead atoms. The summed E-state index contributed by atoms with van der Waals surface area (Å²) in [6.45, 7) is 4.23. The van der Waals surface area contributed by atoms with Gasteiger partial charge in [0.25, 0.3) is 0 Å². The molecule has 0 atom stereocenters. The molecule has 4 nitrogen and oxygen atoms in total. The van der Waals surface area contributed by atoms with Crippen molar-refractivity contribution in [1.29, 1.82) is 0 Å². The Kier molecular flexibility index (Phi) is 13.0. The Hall–Kier alpha value is -1.26. The van der Waals surface area contributed by atoms with Gasteiger partial charge in [-0.1, -0.05) is 64.0 Å². The second kappa shape index (κ2) is 14.8.